The zero-order valence-corrected chi connectivity index (χ0v) is 18.9. The summed E-state index contributed by atoms with van der Waals surface area (Å²) in [6.45, 7) is 8.71. The molecule has 0 saturated carbocycles. The monoisotopic (exact) mass is 422 g/mol. The second-order valence-electron chi connectivity index (χ2n) is 8.90. The molecule has 2 heterocycles. The molecule has 0 atom stereocenters. The van der Waals surface area contributed by atoms with Gasteiger partial charge < -0.3 is 14.4 Å². The van der Waals surface area contributed by atoms with E-state index in [1.165, 1.54) is 75.8 Å². The van der Waals surface area contributed by atoms with E-state index in [9.17, 15) is 0 Å². The second kappa shape index (κ2) is 12.1. The summed E-state index contributed by atoms with van der Waals surface area (Å²) in [5.41, 5.74) is 2.42. The summed E-state index contributed by atoms with van der Waals surface area (Å²) in [6, 6.07) is 16.9. The van der Waals surface area contributed by atoms with Gasteiger partial charge in [0, 0.05) is 13.1 Å². The summed E-state index contributed by atoms with van der Waals surface area (Å²) in [6.07, 6.45) is 9.25. The molecule has 2 saturated heterocycles. The van der Waals surface area contributed by atoms with Gasteiger partial charge in [-0.2, -0.15) is 0 Å². The molecule has 0 spiro atoms. The first-order valence-corrected chi connectivity index (χ1v) is 12.3. The molecule has 4 rings (SSSR count). The van der Waals surface area contributed by atoms with Crippen molar-refractivity contribution in [3.05, 3.63) is 48.5 Å². The van der Waals surface area contributed by atoms with E-state index in [-0.39, 0.29) is 0 Å². The van der Waals surface area contributed by atoms with Crippen LogP contribution >= 0.6 is 0 Å². The molecule has 31 heavy (non-hydrogen) atoms. The summed E-state index contributed by atoms with van der Waals surface area (Å²) in [5.74, 6) is 1.91. The fourth-order valence-corrected chi connectivity index (χ4v) is 4.62. The Morgan fingerprint density at radius 3 is 1.48 bits per heavy atom. The average molecular weight is 423 g/mol. The number of hydrogen-bond acceptors (Lipinski definition) is 4. The van der Waals surface area contributed by atoms with Crippen molar-refractivity contribution >= 4 is 0 Å². The van der Waals surface area contributed by atoms with Gasteiger partial charge in [0.05, 0.1) is 6.61 Å². The van der Waals surface area contributed by atoms with Crippen LogP contribution in [0.1, 0.15) is 44.9 Å². The lowest BCUT2D eigenvalue weighted by atomic mass is 10.1. The Labute approximate surface area is 188 Å². The van der Waals surface area contributed by atoms with E-state index in [1.807, 2.05) is 0 Å². The molecule has 4 heteroatoms. The second-order valence-corrected chi connectivity index (χ2v) is 8.90. The van der Waals surface area contributed by atoms with Crippen LogP contribution in [-0.4, -0.2) is 62.3 Å². The van der Waals surface area contributed by atoms with Crippen molar-refractivity contribution in [1.82, 2.24) is 9.80 Å². The predicted molar refractivity (Wildman–Crippen MR) is 128 cm³/mol. The first kappa shape index (κ1) is 22.2. The van der Waals surface area contributed by atoms with Crippen LogP contribution in [0.3, 0.4) is 0 Å². The van der Waals surface area contributed by atoms with E-state index in [4.69, 9.17) is 9.47 Å². The van der Waals surface area contributed by atoms with Crippen molar-refractivity contribution in [3.8, 4) is 22.6 Å². The van der Waals surface area contributed by atoms with E-state index in [2.05, 4.69) is 58.3 Å². The maximum Gasteiger partial charge on any atom is 0.119 e. The minimum atomic E-state index is 0.767. The highest BCUT2D eigenvalue weighted by atomic mass is 16.5. The summed E-state index contributed by atoms with van der Waals surface area (Å²) < 4.78 is 11.9. The van der Waals surface area contributed by atoms with Crippen LogP contribution in [-0.2, 0) is 0 Å². The third-order valence-electron chi connectivity index (χ3n) is 6.50. The normalized spacial score (nSPS) is 18.1. The van der Waals surface area contributed by atoms with Crippen molar-refractivity contribution in [2.24, 2.45) is 0 Å². The highest BCUT2D eigenvalue weighted by Crippen LogP contribution is 2.25. The summed E-state index contributed by atoms with van der Waals surface area (Å²) in [5, 5.41) is 0. The molecule has 0 N–H and O–H groups in total. The lowest BCUT2D eigenvalue weighted by molar-refractivity contribution is 0.183. The summed E-state index contributed by atoms with van der Waals surface area (Å²) in [4.78, 5) is 5.08. The zero-order valence-electron chi connectivity index (χ0n) is 18.9. The molecule has 0 amide bonds. The third kappa shape index (κ3) is 7.26. The molecule has 4 nitrogen and oxygen atoms in total. The van der Waals surface area contributed by atoms with Crippen molar-refractivity contribution in [2.75, 3.05) is 52.5 Å². The Bertz CT molecular complexity index is 748. The molecule has 0 bridgehead atoms. The van der Waals surface area contributed by atoms with Gasteiger partial charge in [-0.3, -0.25) is 4.90 Å². The van der Waals surface area contributed by atoms with E-state index < -0.39 is 0 Å². The number of hydrogen-bond donors (Lipinski definition) is 0. The standard InChI is InChI=1S/C27H38N2O2/c1-3-16-28(17-4-1)20-7-22-30-26-12-8-24(9-13-26)25-10-14-27(15-11-25)31-23-21-29-18-5-2-6-19-29/h8-15H,1-7,16-23H2. The first-order valence-electron chi connectivity index (χ1n) is 12.3. The lowest BCUT2D eigenvalue weighted by Crippen LogP contribution is -2.33. The SMILES string of the molecule is c1cc(-c2ccc(OCCN3CCCCC3)cc2)ccc1OCCCN1CCCCC1. The number of benzene rings is 2. The van der Waals surface area contributed by atoms with E-state index in [0.717, 1.165) is 44.2 Å². The molecule has 0 aromatic heterocycles. The van der Waals surface area contributed by atoms with Crippen LogP contribution in [0.5, 0.6) is 11.5 Å². The van der Waals surface area contributed by atoms with Gasteiger partial charge in [0.2, 0.25) is 0 Å². The van der Waals surface area contributed by atoms with Gasteiger partial charge in [-0.1, -0.05) is 37.1 Å². The number of ether oxygens (including phenoxy) is 2. The fraction of sp³-hybridized carbons (Fsp3) is 0.556. The smallest absolute Gasteiger partial charge is 0.119 e. The molecule has 2 aromatic carbocycles. The van der Waals surface area contributed by atoms with Crippen LogP contribution in [0.15, 0.2) is 48.5 Å². The fourth-order valence-electron chi connectivity index (χ4n) is 4.62. The maximum absolute atomic E-state index is 5.95. The molecular weight excluding hydrogens is 384 g/mol. The van der Waals surface area contributed by atoms with Crippen LogP contribution in [0, 0.1) is 0 Å². The molecule has 2 aromatic rings. The van der Waals surface area contributed by atoms with Crippen molar-refractivity contribution < 1.29 is 9.47 Å². The van der Waals surface area contributed by atoms with Crippen molar-refractivity contribution in [1.29, 1.82) is 0 Å². The predicted octanol–water partition coefficient (Wildman–Crippen LogP) is 5.47. The van der Waals surface area contributed by atoms with Crippen LogP contribution in [0.4, 0.5) is 0 Å². The molecule has 2 aliphatic heterocycles. The quantitative estimate of drug-likeness (QED) is 0.474. The Kier molecular flexibility index (Phi) is 8.66. The van der Waals surface area contributed by atoms with Gasteiger partial charge >= 0.3 is 0 Å². The number of piperidine rings is 2. The molecule has 168 valence electrons. The molecular formula is C27H38N2O2. The molecule has 2 fully saturated rings. The minimum Gasteiger partial charge on any atom is -0.494 e. The van der Waals surface area contributed by atoms with Gasteiger partial charge in [-0.15, -0.1) is 0 Å². The lowest BCUT2D eigenvalue weighted by Gasteiger charge is -2.26. The topological polar surface area (TPSA) is 24.9 Å². The van der Waals surface area contributed by atoms with E-state index in [0.29, 0.717) is 0 Å². The Balaban J connectivity index is 1.17. The van der Waals surface area contributed by atoms with Crippen LogP contribution in [0.25, 0.3) is 11.1 Å². The maximum atomic E-state index is 5.95. The largest absolute Gasteiger partial charge is 0.494 e. The number of likely N-dealkylation sites (tertiary alicyclic amines) is 2. The molecule has 0 unspecified atom stereocenters. The third-order valence-corrected chi connectivity index (χ3v) is 6.50. The van der Waals surface area contributed by atoms with Crippen molar-refractivity contribution in [2.45, 2.75) is 44.9 Å². The Morgan fingerprint density at radius 2 is 0.968 bits per heavy atom. The van der Waals surface area contributed by atoms with Gasteiger partial charge in [0.1, 0.15) is 18.1 Å². The number of rotatable bonds is 10. The first-order chi connectivity index (χ1) is 15.4. The average Bonchev–Trinajstić information content (AvgIpc) is 2.84. The van der Waals surface area contributed by atoms with E-state index >= 15 is 0 Å². The highest BCUT2D eigenvalue weighted by Gasteiger charge is 2.10. The van der Waals surface area contributed by atoms with Gasteiger partial charge in [-0.25, -0.2) is 0 Å². The highest BCUT2D eigenvalue weighted by molar-refractivity contribution is 5.64. The minimum absolute atomic E-state index is 0.767. The Hall–Kier alpha value is -2.04. The Morgan fingerprint density at radius 1 is 0.516 bits per heavy atom. The molecule has 2 aliphatic rings. The van der Waals surface area contributed by atoms with Crippen LogP contribution in [0.2, 0.25) is 0 Å². The summed E-state index contributed by atoms with van der Waals surface area (Å²) in [7, 11) is 0. The van der Waals surface area contributed by atoms with Crippen LogP contribution < -0.4 is 9.47 Å². The zero-order chi connectivity index (χ0) is 21.1. The van der Waals surface area contributed by atoms with Crippen molar-refractivity contribution in [3.63, 3.8) is 0 Å². The molecule has 0 aliphatic carbocycles. The molecule has 0 radical (unpaired) electrons. The van der Waals surface area contributed by atoms with E-state index in [1.54, 1.807) is 0 Å². The summed E-state index contributed by atoms with van der Waals surface area (Å²) >= 11 is 0. The van der Waals surface area contributed by atoms with Gasteiger partial charge in [-0.05, 0) is 93.7 Å². The van der Waals surface area contributed by atoms with Gasteiger partial charge in [0.25, 0.3) is 0 Å². The number of nitrogens with zero attached hydrogens (tertiary/aromatic N) is 2. The van der Waals surface area contributed by atoms with Gasteiger partial charge in [0.15, 0.2) is 0 Å².